The molecule has 0 aromatic carbocycles. The fourth-order valence-electron chi connectivity index (χ4n) is 1.77. The van der Waals surface area contributed by atoms with Crippen LogP contribution in [0.15, 0.2) is 24.4 Å². The summed E-state index contributed by atoms with van der Waals surface area (Å²) in [5.41, 5.74) is 0. The highest BCUT2D eigenvalue weighted by Gasteiger charge is 2.16. The summed E-state index contributed by atoms with van der Waals surface area (Å²) in [5, 5.41) is 2.86. The standard InChI is InChI=1S/C13H20N2O/c1-3-7-11(8-4-2)13(16)15-12-9-5-6-10-14-12/h5-6,9-11H,3-4,7-8H2,1-2H3,(H,14,15,16). The highest BCUT2D eigenvalue weighted by atomic mass is 16.1. The smallest absolute Gasteiger partial charge is 0.228 e. The van der Waals surface area contributed by atoms with Crippen LogP contribution in [-0.2, 0) is 4.79 Å². The van der Waals surface area contributed by atoms with Crippen molar-refractivity contribution < 1.29 is 4.79 Å². The van der Waals surface area contributed by atoms with Crippen molar-refractivity contribution in [3.05, 3.63) is 24.4 Å². The molecule has 88 valence electrons. The Morgan fingerprint density at radius 3 is 2.50 bits per heavy atom. The number of nitrogens with one attached hydrogen (secondary N) is 1. The molecule has 0 aliphatic rings. The van der Waals surface area contributed by atoms with Crippen LogP contribution in [-0.4, -0.2) is 10.9 Å². The Labute approximate surface area is 97.3 Å². The predicted molar refractivity (Wildman–Crippen MR) is 66.2 cm³/mol. The van der Waals surface area contributed by atoms with Gasteiger partial charge >= 0.3 is 0 Å². The van der Waals surface area contributed by atoms with Gasteiger partial charge in [-0.2, -0.15) is 0 Å². The van der Waals surface area contributed by atoms with Crippen LogP contribution in [0.25, 0.3) is 0 Å². The minimum Gasteiger partial charge on any atom is -0.310 e. The van der Waals surface area contributed by atoms with E-state index in [0.29, 0.717) is 5.82 Å². The number of nitrogens with zero attached hydrogens (tertiary/aromatic N) is 1. The van der Waals surface area contributed by atoms with Gasteiger partial charge in [-0.1, -0.05) is 32.8 Å². The Bertz CT molecular complexity index is 305. The van der Waals surface area contributed by atoms with Gasteiger partial charge < -0.3 is 5.32 Å². The number of rotatable bonds is 6. The number of amides is 1. The van der Waals surface area contributed by atoms with Gasteiger partial charge in [-0.25, -0.2) is 4.98 Å². The SMILES string of the molecule is CCCC(CCC)C(=O)Nc1ccccn1. The van der Waals surface area contributed by atoms with Crippen molar-refractivity contribution in [2.45, 2.75) is 39.5 Å². The van der Waals surface area contributed by atoms with Crippen LogP contribution in [0.1, 0.15) is 39.5 Å². The maximum Gasteiger partial charge on any atom is 0.228 e. The fourth-order valence-corrected chi connectivity index (χ4v) is 1.77. The molecular formula is C13H20N2O. The molecule has 1 rings (SSSR count). The number of hydrogen-bond donors (Lipinski definition) is 1. The van der Waals surface area contributed by atoms with Crippen LogP contribution in [0.5, 0.6) is 0 Å². The number of pyridine rings is 1. The summed E-state index contributed by atoms with van der Waals surface area (Å²) in [4.78, 5) is 16.0. The first-order valence-corrected chi connectivity index (χ1v) is 5.99. The fraction of sp³-hybridized carbons (Fsp3) is 0.538. The molecule has 0 aliphatic heterocycles. The predicted octanol–water partition coefficient (Wildman–Crippen LogP) is 3.24. The summed E-state index contributed by atoms with van der Waals surface area (Å²) in [6.45, 7) is 4.22. The second kappa shape index (κ2) is 6.99. The lowest BCUT2D eigenvalue weighted by molar-refractivity contribution is -0.120. The minimum absolute atomic E-state index is 0.0994. The highest BCUT2D eigenvalue weighted by molar-refractivity contribution is 5.91. The van der Waals surface area contributed by atoms with E-state index in [1.54, 1.807) is 6.20 Å². The van der Waals surface area contributed by atoms with E-state index in [9.17, 15) is 4.79 Å². The Balaban J connectivity index is 2.55. The van der Waals surface area contributed by atoms with Crippen molar-refractivity contribution in [3.63, 3.8) is 0 Å². The molecule has 3 nitrogen and oxygen atoms in total. The molecule has 0 saturated heterocycles. The second-order valence-electron chi connectivity index (χ2n) is 3.98. The molecule has 1 aromatic rings. The van der Waals surface area contributed by atoms with E-state index in [0.717, 1.165) is 25.7 Å². The first-order valence-electron chi connectivity index (χ1n) is 5.99. The van der Waals surface area contributed by atoms with Crippen LogP contribution < -0.4 is 5.32 Å². The molecule has 3 heteroatoms. The summed E-state index contributed by atoms with van der Waals surface area (Å²) < 4.78 is 0. The third-order valence-electron chi connectivity index (χ3n) is 2.56. The van der Waals surface area contributed by atoms with Crippen molar-refractivity contribution in [1.29, 1.82) is 0 Å². The van der Waals surface area contributed by atoms with Crippen LogP contribution in [0.2, 0.25) is 0 Å². The van der Waals surface area contributed by atoms with Gasteiger partial charge in [-0.15, -0.1) is 0 Å². The van der Waals surface area contributed by atoms with Gasteiger partial charge in [0.15, 0.2) is 0 Å². The molecule has 1 N–H and O–H groups in total. The maximum absolute atomic E-state index is 11.9. The second-order valence-corrected chi connectivity index (χ2v) is 3.98. The largest absolute Gasteiger partial charge is 0.310 e. The summed E-state index contributed by atoms with van der Waals surface area (Å²) in [7, 11) is 0. The quantitative estimate of drug-likeness (QED) is 0.799. The summed E-state index contributed by atoms with van der Waals surface area (Å²) >= 11 is 0. The molecule has 0 radical (unpaired) electrons. The first-order chi connectivity index (χ1) is 7.77. The lowest BCUT2D eigenvalue weighted by Crippen LogP contribution is -2.23. The maximum atomic E-state index is 11.9. The van der Waals surface area contributed by atoms with Gasteiger partial charge in [0.25, 0.3) is 0 Å². The van der Waals surface area contributed by atoms with Gasteiger partial charge in [0, 0.05) is 12.1 Å². The molecular weight excluding hydrogens is 200 g/mol. The number of carbonyl (C=O) groups excluding carboxylic acids is 1. The van der Waals surface area contributed by atoms with E-state index >= 15 is 0 Å². The summed E-state index contributed by atoms with van der Waals surface area (Å²) in [6, 6.07) is 5.52. The van der Waals surface area contributed by atoms with E-state index in [1.165, 1.54) is 0 Å². The van der Waals surface area contributed by atoms with Gasteiger partial charge in [0.05, 0.1) is 0 Å². The molecule has 16 heavy (non-hydrogen) atoms. The van der Waals surface area contributed by atoms with Crippen molar-refractivity contribution >= 4 is 11.7 Å². The van der Waals surface area contributed by atoms with Crippen LogP contribution >= 0.6 is 0 Å². The molecule has 0 spiro atoms. The van der Waals surface area contributed by atoms with E-state index in [-0.39, 0.29) is 11.8 Å². The molecule has 0 fully saturated rings. The zero-order valence-corrected chi connectivity index (χ0v) is 10.1. The lowest BCUT2D eigenvalue weighted by atomic mass is 9.97. The van der Waals surface area contributed by atoms with Crippen LogP contribution in [0.4, 0.5) is 5.82 Å². The Morgan fingerprint density at radius 2 is 2.00 bits per heavy atom. The molecule has 0 saturated carbocycles. The van der Waals surface area contributed by atoms with Crippen molar-refractivity contribution in [2.24, 2.45) is 5.92 Å². The lowest BCUT2D eigenvalue weighted by Gasteiger charge is -2.14. The number of carbonyl (C=O) groups is 1. The Kier molecular flexibility index (Phi) is 5.54. The van der Waals surface area contributed by atoms with Crippen LogP contribution in [0.3, 0.4) is 0 Å². The molecule has 1 amide bonds. The number of hydrogen-bond acceptors (Lipinski definition) is 2. The van der Waals surface area contributed by atoms with E-state index in [1.807, 2.05) is 18.2 Å². The van der Waals surface area contributed by atoms with Crippen molar-refractivity contribution in [1.82, 2.24) is 4.98 Å². The van der Waals surface area contributed by atoms with Gasteiger partial charge in [0.1, 0.15) is 5.82 Å². The zero-order chi connectivity index (χ0) is 11.8. The number of aromatic nitrogens is 1. The third kappa shape index (κ3) is 4.01. The molecule has 1 aromatic heterocycles. The zero-order valence-electron chi connectivity index (χ0n) is 10.1. The Hall–Kier alpha value is -1.38. The average molecular weight is 220 g/mol. The molecule has 0 unspecified atom stereocenters. The van der Waals surface area contributed by atoms with E-state index in [4.69, 9.17) is 0 Å². The minimum atomic E-state index is 0.0994. The van der Waals surface area contributed by atoms with Crippen LogP contribution in [0, 0.1) is 5.92 Å². The van der Waals surface area contributed by atoms with E-state index in [2.05, 4.69) is 24.1 Å². The van der Waals surface area contributed by atoms with Gasteiger partial charge in [-0.3, -0.25) is 4.79 Å². The summed E-state index contributed by atoms with van der Waals surface area (Å²) in [6.07, 6.45) is 5.67. The van der Waals surface area contributed by atoms with Crippen molar-refractivity contribution in [3.8, 4) is 0 Å². The monoisotopic (exact) mass is 220 g/mol. The van der Waals surface area contributed by atoms with E-state index < -0.39 is 0 Å². The topological polar surface area (TPSA) is 42.0 Å². The highest BCUT2D eigenvalue weighted by Crippen LogP contribution is 2.15. The molecule has 0 bridgehead atoms. The average Bonchev–Trinajstić information content (AvgIpc) is 2.30. The first kappa shape index (κ1) is 12.7. The molecule has 1 heterocycles. The Morgan fingerprint density at radius 1 is 1.31 bits per heavy atom. The third-order valence-corrected chi connectivity index (χ3v) is 2.56. The van der Waals surface area contributed by atoms with Gasteiger partial charge in [-0.05, 0) is 25.0 Å². The van der Waals surface area contributed by atoms with Crippen molar-refractivity contribution in [2.75, 3.05) is 5.32 Å². The van der Waals surface area contributed by atoms with Gasteiger partial charge in [0.2, 0.25) is 5.91 Å². The molecule has 0 atom stereocenters. The summed E-state index contributed by atoms with van der Waals surface area (Å²) in [5.74, 6) is 0.865. The number of anilines is 1. The molecule has 0 aliphatic carbocycles. The normalized spacial score (nSPS) is 10.4.